The topological polar surface area (TPSA) is 60.9 Å². The molecule has 24 heavy (non-hydrogen) atoms. The van der Waals surface area contributed by atoms with Crippen LogP contribution in [0.15, 0.2) is 30.3 Å². The van der Waals surface area contributed by atoms with Gasteiger partial charge in [-0.3, -0.25) is 9.59 Å². The quantitative estimate of drug-likeness (QED) is 0.852. The Kier molecular flexibility index (Phi) is 6.09. The van der Waals surface area contributed by atoms with Gasteiger partial charge in [-0.1, -0.05) is 18.2 Å². The highest BCUT2D eigenvalue weighted by Crippen LogP contribution is 2.17. The molecule has 0 saturated carbocycles. The molecule has 1 aliphatic rings. The van der Waals surface area contributed by atoms with Crippen molar-refractivity contribution < 1.29 is 19.1 Å². The maximum absolute atomic E-state index is 13.7. The van der Waals surface area contributed by atoms with Gasteiger partial charge in [-0.25, -0.2) is 4.39 Å². The molecular formula is C18H23FN2O3. The first-order valence-corrected chi connectivity index (χ1v) is 8.02. The number of allylic oxidation sites excluding steroid dienone is 1. The number of hydrogen-bond donors (Lipinski definition) is 1. The molecule has 0 atom stereocenters. The molecule has 2 rings (SSSR count). The van der Waals surface area contributed by atoms with Crippen molar-refractivity contribution in [2.24, 2.45) is 0 Å². The van der Waals surface area contributed by atoms with E-state index >= 15 is 0 Å². The standard InChI is InChI=1S/C18H23FN2O3/c1-13(15-5-3-4-6-16(15)19)11-17(23)20(2)12-18(24)21-9-7-14(22)8-10-21/h3-6,11,14,22H,7-10,12H2,1-2H3/b13-11-. The average Bonchev–Trinajstić information content (AvgIpc) is 2.55. The average molecular weight is 334 g/mol. The number of nitrogens with zero attached hydrogens (tertiary/aromatic N) is 2. The van der Waals surface area contributed by atoms with Crippen LogP contribution in [-0.2, 0) is 9.59 Å². The van der Waals surface area contributed by atoms with Gasteiger partial charge in [0.25, 0.3) is 0 Å². The fourth-order valence-corrected chi connectivity index (χ4v) is 2.65. The summed E-state index contributed by atoms with van der Waals surface area (Å²) in [6, 6.07) is 6.25. The van der Waals surface area contributed by atoms with Gasteiger partial charge in [0.05, 0.1) is 12.6 Å². The highest BCUT2D eigenvalue weighted by molar-refractivity contribution is 5.96. The predicted octanol–water partition coefficient (Wildman–Crippen LogP) is 1.67. The minimum absolute atomic E-state index is 0.0318. The van der Waals surface area contributed by atoms with E-state index in [1.807, 2.05) is 0 Å². The molecular weight excluding hydrogens is 311 g/mol. The third-order valence-electron chi connectivity index (χ3n) is 4.20. The summed E-state index contributed by atoms with van der Waals surface area (Å²) in [5.74, 6) is -0.875. The van der Waals surface area contributed by atoms with E-state index < -0.39 is 0 Å². The number of aliphatic hydroxyl groups excluding tert-OH is 1. The van der Waals surface area contributed by atoms with E-state index in [0.29, 0.717) is 37.1 Å². The van der Waals surface area contributed by atoms with Crippen molar-refractivity contribution in [3.05, 3.63) is 41.7 Å². The summed E-state index contributed by atoms with van der Waals surface area (Å²) in [6.07, 6.45) is 2.12. The van der Waals surface area contributed by atoms with Crippen molar-refractivity contribution >= 4 is 17.4 Å². The Balaban J connectivity index is 1.95. The van der Waals surface area contributed by atoms with Gasteiger partial charge in [-0.15, -0.1) is 0 Å². The molecule has 0 radical (unpaired) electrons. The Labute approximate surface area is 141 Å². The Hall–Kier alpha value is -2.21. The molecule has 0 aliphatic carbocycles. The van der Waals surface area contributed by atoms with E-state index in [-0.39, 0.29) is 30.3 Å². The molecule has 2 amide bonds. The van der Waals surface area contributed by atoms with Crippen molar-refractivity contribution in [3.8, 4) is 0 Å². The van der Waals surface area contributed by atoms with Crippen LogP contribution in [0.3, 0.4) is 0 Å². The van der Waals surface area contributed by atoms with Gasteiger partial charge in [0.2, 0.25) is 11.8 Å². The monoisotopic (exact) mass is 334 g/mol. The van der Waals surface area contributed by atoms with Gasteiger partial charge in [0.15, 0.2) is 0 Å². The van der Waals surface area contributed by atoms with E-state index in [1.54, 1.807) is 37.1 Å². The predicted molar refractivity (Wildman–Crippen MR) is 89.5 cm³/mol. The minimum Gasteiger partial charge on any atom is -0.393 e. The molecule has 0 unspecified atom stereocenters. The molecule has 1 aromatic rings. The Morgan fingerprint density at radius 3 is 2.58 bits per heavy atom. The summed E-state index contributed by atoms with van der Waals surface area (Å²) in [7, 11) is 1.55. The first kappa shape index (κ1) is 18.1. The van der Waals surface area contributed by atoms with E-state index in [4.69, 9.17) is 0 Å². The molecule has 0 spiro atoms. The lowest BCUT2D eigenvalue weighted by molar-refractivity contribution is -0.138. The van der Waals surface area contributed by atoms with E-state index in [0.717, 1.165) is 0 Å². The number of piperidine rings is 1. The minimum atomic E-state index is -0.385. The summed E-state index contributed by atoms with van der Waals surface area (Å²) in [5.41, 5.74) is 0.883. The Morgan fingerprint density at radius 2 is 1.96 bits per heavy atom. The van der Waals surface area contributed by atoms with Crippen LogP contribution in [0.2, 0.25) is 0 Å². The van der Waals surface area contributed by atoms with Crippen LogP contribution in [0.1, 0.15) is 25.3 Å². The molecule has 1 heterocycles. The van der Waals surface area contributed by atoms with Gasteiger partial charge >= 0.3 is 0 Å². The third kappa shape index (κ3) is 4.64. The van der Waals surface area contributed by atoms with Crippen molar-refractivity contribution in [1.82, 2.24) is 9.80 Å². The molecule has 1 saturated heterocycles. The third-order valence-corrected chi connectivity index (χ3v) is 4.20. The normalized spacial score (nSPS) is 16.2. The molecule has 0 bridgehead atoms. The van der Waals surface area contributed by atoms with Crippen molar-refractivity contribution in [2.75, 3.05) is 26.7 Å². The molecule has 1 aliphatic heterocycles. The second kappa shape index (κ2) is 8.06. The van der Waals surface area contributed by atoms with Crippen LogP contribution in [0.4, 0.5) is 4.39 Å². The van der Waals surface area contributed by atoms with E-state index in [9.17, 15) is 19.1 Å². The molecule has 130 valence electrons. The highest BCUT2D eigenvalue weighted by Gasteiger charge is 2.23. The first-order valence-electron chi connectivity index (χ1n) is 8.02. The number of likely N-dealkylation sites (tertiary alicyclic amines) is 1. The zero-order valence-corrected chi connectivity index (χ0v) is 14.0. The molecule has 1 fully saturated rings. The van der Waals surface area contributed by atoms with Crippen LogP contribution in [0, 0.1) is 5.82 Å². The molecule has 5 nitrogen and oxygen atoms in total. The van der Waals surface area contributed by atoms with Gasteiger partial charge in [0, 0.05) is 31.8 Å². The number of benzene rings is 1. The van der Waals surface area contributed by atoms with Crippen molar-refractivity contribution in [3.63, 3.8) is 0 Å². The SMILES string of the molecule is C/C(=C/C(=O)N(C)CC(=O)N1CCC(O)CC1)c1ccccc1F. The maximum atomic E-state index is 13.7. The van der Waals surface area contributed by atoms with Crippen LogP contribution in [0.5, 0.6) is 0 Å². The molecule has 0 aromatic heterocycles. The summed E-state index contributed by atoms with van der Waals surface area (Å²) < 4.78 is 13.7. The number of hydrogen-bond acceptors (Lipinski definition) is 3. The summed E-state index contributed by atoms with van der Waals surface area (Å²) in [5, 5.41) is 9.47. The van der Waals surface area contributed by atoms with Crippen molar-refractivity contribution in [1.29, 1.82) is 0 Å². The first-order chi connectivity index (χ1) is 11.4. The fraction of sp³-hybridized carbons (Fsp3) is 0.444. The zero-order chi connectivity index (χ0) is 17.7. The number of likely N-dealkylation sites (N-methyl/N-ethyl adjacent to an activating group) is 1. The largest absolute Gasteiger partial charge is 0.393 e. The zero-order valence-electron chi connectivity index (χ0n) is 14.0. The van der Waals surface area contributed by atoms with Crippen LogP contribution in [0.25, 0.3) is 5.57 Å². The van der Waals surface area contributed by atoms with Crippen LogP contribution in [-0.4, -0.2) is 59.5 Å². The van der Waals surface area contributed by atoms with Crippen LogP contribution >= 0.6 is 0 Å². The lowest BCUT2D eigenvalue weighted by atomic mass is 10.1. The molecule has 1 N–H and O–H groups in total. The Bertz CT molecular complexity index is 637. The van der Waals surface area contributed by atoms with Crippen molar-refractivity contribution in [2.45, 2.75) is 25.9 Å². The van der Waals surface area contributed by atoms with Gasteiger partial charge in [-0.2, -0.15) is 0 Å². The summed E-state index contributed by atoms with van der Waals surface area (Å²) in [6.45, 7) is 2.65. The maximum Gasteiger partial charge on any atom is 0.247 e. The highest BCUT2D eigenvalue weighted by atomic mass is 19.1. The number of carbonyl (C=O) groups is 2. The summed E-state index contributed by atoms with van der Waals surface area (Å²) in [4.78, 5) is 27.4. The number of carbonyl (C=O) groups excluding carboxylic acids is 2. The van der Waals surface area contributed by atoms with E-state index in [1.165, 1.54) is 17.0 Å². The lowest BCUT2D eigenvalue weighted by Crippen LogP contribution is -2.45. The van der Waals surface area contributed by atoms with Gasteiger partial charge in [-0.05, 0) is 31.4 Å². The second-order valence-electron chi connectivity index (χ2n) is 6.11. The number of rotatable bonds is 4. The van der Waals surface area contributed by atoms with Gasteiger partial charge in [0.1, 0.15) is 5.82 Å². The Morgan fingerprint density at radius 1 is 1.33 bits per heavy atom. The number of amides is 2. The second-order valence-corrected chi connectivity index (χ2v) is 6.11. The van der Waals surface area contributed by atoms with Gasteiger partial charge < -0.3 is 14.9 Å². The smallest absolute Gasteiger partial charge is 0.247 e. The van der Waals surface area contributed by atoms with E-state index in [2.05, 4.69) is 0 Å². The number of aliphatic hydroxyl groups is 1. The van der Waals surface area contributed by atoms with Crippen LogP contribution < -0.4 is 0 Å². The number of halogens is 1. The fourth-order valence-electron chi connectivity index (χ4n) is 2.65. The molecule has 6 heteroatoms. The summed E-state index contributed by atoms with van der Waals surface area (Å²) >= 11 is 0. The lowest BCUT2D eigenvalue weighted by Gasteiger charge is -2.30. The molecule has 1 aromatic carbocycles.